The van der Waals surface area contributed by atoms with Gasteiger partial charge in [-0.15, -0.1) is 0 Å². The number of aliphatic hydroxyl groups is 1. The highest BCUT2D eigenvalue weighted by molar-refractivity contribution is 5.51. The van der Waals surface area contributed by atoms with Crippen LogP contribution in [0.25, 0.3) is 0 Å². The predicted octanol–water partition coefficient (Wildman–Crippen LogP) is 2.16. The summed E-state index contributed by atoms with van der Waals surface area (Å²) >= 11 is 0. The Balaban J connectivity index is 2.02. The summed E-state index contributed by atoms with van der Waals surface area (Å²) in [4.78, 5) is 4.17. The summed E-state index contributed by atoms with van der Waals surface area (Å²) in [6.45, 7) is 4.75. The fraction of sp³-hybridized carbons (Fsp3) is 0.571. The largest absolute Gasteiger partial charge is 0.392 e. The average Bonchev–Trinajstić information content (AvgIpc) is 3.16. The van der Waals surface area contributed by atoms with Gasteiger partial charge in [-0.2, -0.15) is 5.26 Å². The molecule has 1 aromatic rings. The molecule has 0 unspecified atom stereocenters. The zero-order valence-electron chi connectivity index (χ0n) is 10.8. The lowest BCUT2D eigenvalue weighted by molar-refractivity contribution is 0.0567. The highest BCUT2D eigenvalue weighted by Gasteiger charge is 2.49. The molecule has 1 fully saturated rings. The number of aliphatic hydroxyl groups excluding tert-OH is 1. The number of rotatable bonds is 5. The van der Waals surface area contributed by atoms with Crippen LogP contribution in [0, 0.1) is 22.7 Å². The topological polar surface area (TPSA) is 68.9 Å². The number of hydrogen-bond donors (Lipinski definition) is 2. The summed E-state index contributed by atoms with van der Waals surface area (Å²) in [6, 6.07) is 5.61. The van der Waals surface area contributed by atoms with Gasteiger partial charge < -0.3 is 10.4 Å². The second kappa shape index (κ2) is 4.95. The van der Waals surface area contributed by atoms with Crippen LogP contribution in [0.2, 0.25) is 0 Å². The molecular weight excluding hydrogens is 226 g/mol. The molecule has 2 N–H and O–H groups in total. The first-order valence-electron chi connectivity index (χ1n) is 6.36. The number of nitriles is 1. The molecule has 0 aliphatic heterocycles. The van der Waals surface area contributed by atoms with Crippen LogP contribution >= 0.6 is 0 Å². The first-order valence-corrected chi connectivity index (χ1v) is 6.36. The predicted molar refractivity (Wildman–Crippen MR) is 70.0 cm³/mol. The Morgan fingerprint density at radius 2 is 2.28 bits per heavy atom. The minimum absolute atomic E-state index is 0.0294. The molecule has 4 nitrogen and oxygen atoms in total. The van der Waals surface area contributed by atoms with Gasteiger partial charge in [0.2, 0.25) is 0 Å². The third kappa shape index (κ3) is 2.46. The summed E-state index contributed by atoms with van der Waals surface area (Å²) < 4.78 is 0. The molecule has 0 aromatic carbocycles. The van der Waals surface area contributed by atoms with Crippen LogP contribution in [0.15, 0.2) is 18.3 Å². The summed E-state index contributed by atoms with van der Waals surface area (Å²) in [5, 5.41) is 22.4. The minimum Gasteiger partial charge on any atom is -0.392 e. The smallest absolute Gasteiger partial charge is 0.143 e. The van der Waals surface area contributed by atoms with E-state index in [1.54, 1.807) is 18.3 Å². The van der Waals surface area contributed by atoms with Gasteiger partial charge in [0, 0.05) is 18.2 Å². The van der Waals surface area contributed by atoms with Crippen molar-refractivity contribution in [3.05, 3.63) is 23.9 Å². The molecule has 1 aliphatic rings. The van der Waals surface area contributed by atoms with Crippen LogP contribution < -0.4 is 5.32 Å². The van der Waals surface area contributed by atoms with Gasteiger partial charge in [-0.05, 0) is 30.9 Å². The van der Waals surface area contributed by atoms with E-state index in [0.29, 0.717) is 17.9 Å². The third-order valence-corrected chi connectivity index (χ3v) is 3.69. The van der Waals surface area contributed by atoms with Crippen molar-refractivity contribution < 1.29 is 5.11 Å². The van der Waals surface area contributed by atoms with Crippen molar-refractivity contribution in [3.8, 4) is 6.07 Å². The maximum Gasteiger partial charge on any atom is 0.143 e. The fourth-order valence-electron chi connectivity index (χ4n) is 2.34. The van der Waals surface area contributed by atoms with Gasteiger partial charge in [-0.3, -0.25) is 0 Å². The summed E-state index contributed by atoms with van der Waals surface area (Å²) in [6.07, 6.45) is 3.45. The van der Waals surface area contributed by atoms with Crippen molar-refractivity contribution in [3.63, 3.8) is 0 Å². The van der Waals surface area contributed by atoms with E-state index < -0.39 is 0 Å². The third-order valence-electron chi connectivity index (χ3n) is 3.69. The van der Waals surface area contributed by atoms with Crippen LogP contribution in [-0.2, 0) is 0 Å². The Labute approximate surface area is 108 Å². The Hall–Kier alpha value is -1.60. The number of nitrogens with zero attached hydrogens (tertiary/aromatic N) is 2. The van der Waals surface area contributed by atoms with E-state index in [-0.39, 0.29) is 17.4 Å². The molecule has 96 valence electrons. The van der Waals surface area contributed by atoms with Gasteiger partial charge >= 0.3 is 0 Å². The minimum atomic E-state index is -0.292. The van der Waals surface area contributed by atoms with Gasteiger partial charge in [-0.1, -0.05) is 13.8 Å². The van der Waals surface area contributed by atoms with Crippen LogP contribution in [-0.4, -0.2) is 22.7 Å². The molecule has 0 bridgehead atoms. The van der Waals surface area contributed by atoms with E-state index >= 15 is 0 Å². The quantitative estimate of drug-likeness (QED) is 0.834. The maximum atomic E-state index is 10.2. The molecule has 1 saturated carbocycles. The molecule has 1 aromatic heterocycles. The van der Waals surface area contributed by atoms with Crippen molar-refractivity contribution in [1.29, 1.82) is 5.26 Å². The van der Waals surface area contributed by atoms with Gasteiger partial charge in [0.05, 0.1) is 11.7 Å². The fourth-order valence-corrected chi connectivity index (χ4v) is 2.34. The van der Waals surface area contributed by atoms with Gasteiger partial charge in [0.25, 0.3) is 0 Å². The molecule has 4 heteroatoms. The standard InChI is InChI=1S/C14H19N3O/c1-10(2)12(18)14(5-6-14)9-17-13-11(8-15)4-3-7-16-13/h3-4,7,10,12,18H,5-6,9H2,1-2H3,(H,16,17)/t12-/m0/s1. The summed E-state index contributed by atoms with van der Waals surface area (Å²) in [5.74, 6) is 0.871. The Bertz CT molecular complexity index is 460. The Morgan fingerprint density at radius 3 is 2.83 bits per heavy atom. The molecule has 2 rings (SSSR count). The molecule has 0 saturated heterocycles. The van der Waals surface area contributed by atoms with E-state index in [1.807, 2.05) is 13.8 Å². The van der Waals surface area contributed by atoms with E-state index in [4.69, 9.17) is 5.26 Å². The number of anilines is 1. The van der Waals surface area contributed by atoms with Crippen molar-refractivity contribution in [2.75, 3.05) is 11.9 Å². The molecule has 1 heterocycles. The van der Waals surface area contributed by atoms with Crippen LogP contribution in [0.5, 0.6) is 0 Å². The van der Waals surface area contributed by atoms with Gasteiger partial charge in [-0.25, -0.2) is 4.98 Å². The van der Waals surface area contributed by atoms with Crippen molar-refractivity contribution in [2.45, 2.75) is 32.8 Å². The lowest BCUT2D eigenvalue weighted by atomic mass is 9.90. The van der Waals surface area contributed by atoms with Crippen LogP contribution in [0.4, 0.5) is 5.82 Å². The molecule has 18 heavy (non-hydrogen) atoms. The number of hydrogen-bond acceptors (Lipinski definition) is 4. The maximum absolute atomic E-state index is 10.2. The van der Waals surface area contributed by atoms with Crippen molar-refractivity contribution in [1.82, 2.24) is 4.98 Å². The lowest BCUT2D eigenvalue weighted by Gasteiger charge is -2.26. The summed E-state index contributed by atoms with van der Waals surface area (Å²) in [7, 11) is 0. The number of pyridine rings is 1. The highest BCUT2D eigenvalue weighted by Crippen LogP contribution is 2.50. The Kier molecular flexibility index (Phi) is 3.53. The van der Waals surface area contributed by atoms with E-state index in [0.717, 1.165) is 12.8 Å². The molecule has 0 spiro atoms. The zero-order valence-corrected chi connectivity index (χ0v) is 10.8. The molecule has 1 atom stereocenters. The molecule has 1 aliphatic carbocycles. The van der Waals surface area contributed by atoms with Crippen LogP contribution in [0.3, 0.4) is 0 Å². The molecule has 0 amide bonds. The van der Waals surface area contributed by atoms with E-state index in [9.17, 15) is 5.11 Å². The van der Waals surface area contributed by atoms with Crippen LogP contribution in [0.1, 0.15) is 32.3 Å². The monoisotopic (exact) mass is 245 g/mol. The average molecular weight is 245 g/mol. The molecule has 0 radical (unpaired) electrons. The highest BCUT2D eigenvalue weighted by atomic mass is 16.3. The van der Waals surface area contributed by atoms with Gasteiger partial charge in [0.1, 0.15) is 11.9 Å². The number of aromatic nitrogens is 1. The van der Waals surface area contributed by atoms with Crippen molar-refractivity contribution >= 4 is 5.82 Å². The normalized spacial score (nSPS) is 18.2. The lowest BCUT2D eigenvalue weighted by Crippen LogP contribution is -2.33. The first kappa shape index (κ1) is 12.8. The zero-order chi connectivity index (χ0) is 13.2. The summed E-state index contributed by atoms with van der Waals surface area (Å²) in [5.41, 5.74) is 0.519. The Morgan fingerprint density at radius 1 is 1.56 bits per heavy atom. The first-order chi connectivity index (χ1) is 8.59. The number of nitrogens with one attached hydrogen (secondary N) is 1. The van der Waals surface area contributed by atoms with E-state index in [1.165, 1.54) is 0 Å². The van der Waals surface area contributed by atoms with E-state index in [2.05, 4.69) is 16.4 Å². The second-order valence-electron chi connectivity index (χ2n) is 5.42. The van der Waals surface area contributed by atoms with Gasteiger partial charge in [0.15, 0.2) is 0 Å². The second-order valence-corrected chi connectivity index (χ2v) is 5.42. The molecular formula is C14H19N3O. The SMILES string of the molecule is CC(C)[C@H](O)C1(CNc2ncccc2C#N)CC1. The van der Waals surface area contributed by atoms with Crippen molar-refractivity contribution in [2.24, 2.45) is 11.3 Å².